The summed E-state index contributed by atoms with van der Waals surface area (Å²) < 4.78 is 16.9. The van der Waals surface area contributed by atoms with Crippen LogP contribution in [0, 0.1) is 12.3 Å². The summed E-state index contributed by atoms with van der Waals surface area (Å²) in [6.07, 6.45) is 6.09. The molecule has 1 aliphatic rings. The summed E-state index contributed by atoms with van der Waals surface area (Å²) in [4.78, 5) is 29.5. The van der Waals surface area contributed by atoms with E-state index in [4.69, 9.17) is 31.4 Å². The lowest BCUT2D eigenvalue weighted by molar-refractivity contribution is -0.227. The first-order valence-electron chi connectivity index (χ1n) is 6.67. The zero-order valence-corrected chi connectivity index (χ0v) is 13.1. The highest BCUT2D eigenvalue weighted by Gasteiger charge is 2.47. The summed E-state index contributed by atoms with van der Waals surface area (Å²) in [7, 11) is -2.59. The standard InChI is InChI=1S/C12H14N5O6P/c1-2-12(21-6-22-24(19)20)3-7(18)11(23-12)17-5-16-8-9(13)14-4-15-10(8)17/h1,4-5,7,11,18-20H,3,6H2,(H2,13,14,15)/t7-,11-,12+/m1/s1. The molecule has 0 amide bonds. The second-order valence-electron chi connectivity index (χ2n) is 4.90. The van der Waals surface area contributed by atoms with Crippen molar-refractivity contribution < 1.29 is 28.9 Å². The van der Waals surface area contributed by atoms with Gasteiger partial charge in [0.25, 0.3) is 0 Å². The Morgan fingerprint density at radius 2 is 2.29 bits per heavy atom. The van der Waals surface area contributed by atoms with Crippen molar-refractivity contribution in [2.75, 3.05) is 12.5 Å². The Morgan fingerprint density at radius 1 is 1.50 bits per heavy atom. The van der Waals surface area contributed by atoms with Gasteiger partial charge in [0.15, 0.2) is 24.5 Å². The van der Waals surface area contributed by atoms with Gasteiger partial charge in [-0.15, -0.1) is 6.42 Å². The lowest BCUT2D eigenvalue weighted by atomic mass is 10.1. The van der Waals surface area contributed by atoms with E-state index in [1.165, 1.54) is 17.2 Å². The number of terminal acetylenes is 1. The summed E-state index contributed by atoms with van der Waals surface area (Å²) in [6.45, 7) is -0.512. The van der Waals surface area contributed by atoms with Gasteiger partial charge in [0.05, 0.1) is 6.33 Å². The van der Waals surface area contributed by atoms with Crippen LogP contribution >= 0.6 is 8.60 Å². The highest BCUT2D eigenvalue weighted by Crippen LogP contribution is 2.39. The number of imidazole rings is 1. The number of hydrogen-bond acceptors (Lipinski definition) is 10. The van der Waals surface area contributed by atoms with Gasteiger partial charge in [0, 0.05) is 6.42 Å². The third-order valence-electron chi connectivity index (χ3n) is 3.46. The van der Waals surface area contributed by atoms with Gasteiger partial charge in [-0.05, 0) is 5.92 Å². The zero-order chi connectivity index (χ0) is 17.3. The normalized spacial score (nSPS) is 27.0. The average molecular weight is 355 g/mol. The van der Waals surface area contributed by atoms with Crippen molar-refractivity contribution in [3.8, 4) is 12.3 Å². The Bertz CT molecular complexity index is 779. The van der Waals surface area contributed by atoms with Crippen LogP contribution in [0.25, 0.3) is 11.2 Å². The van der Waals surface area contributed by atoms with Crippen LogP contribution < -0.4 is 5.73 Å². The lowest BCUT2D eigenvalue weighted by Crippen LogP contribution is -2.31. The molecule has 5 N–H and O–H groups in total. The first-order chi connectivity index (χ1) is 11.5. The van der Waals surface area contributed by atoms with Crippen molar-refractivity contribution in [2.45, 2.75) is 24.5 Å². The summed E-state index contributed by atoms with van der Waals surface area (Å²) in [5.41, 5.74) is 6.46. The molecule has 2 aromatic heterocycles. The number of nitrogen functional groups attached to an aromatic ring is 1. The van der Waals surface area contributed by atoms with Crippen molar-refractivity contribution in [3.63, 3.8) is 0 Å². The average Bonchev–Trinajstić information content (AvgIpc) is 3.09. The van der Waals surface area contributed by atoms with E-state index >= 15 is 0 Å². The maximum Gasteiger partial charge on any atom is 0.329 e. The maximum atomic E-state index is 10.3. The lowest BCUT2D eigenvalue weighted by Gasteiger charge is -2.23. The number of fused-ring (bicyclic) bond motifs is 1. The molecule has 0 spiro atoms. The van der Waals surface area contributed by atoms with E-state index < -0.39 is 33.5 Å². The van der Waals surface area contributed by atoms with Gasteiger partial charge in [-0.3, -0.25) is 9.09 Å². The zero-order valence-electron chi connectivity index (χ0n) is 12.2. The fraction of sp³-hybridized carbons (Fsp3) is 0.417. The summed E-state index contributed by atoms with van der Waals surface area (Å²) in [6, 6.07) is 0. The Hall–Kier alpha value is -1.90. The molecular weight excluding hydrogens is 341 g/mol. The van der Waals surface area contributed by atoms with E-state index in [-0.39, 0.29) is 12.2 Å². The molecule has 11 nitrogen and oxygen atoms in total. The highest BCUT2D eigenvalue weighted by molar-refractivity contribution is 7.39. The van der Waals surface area contributed by atoms with E-state index in [0.29, 0.717) is 11.2 Å². The molecule has 0 aliphatic carbocycles. The van der Waals surface area contributed by atoms with E-state index in [1.807, 2.05) is 0 Å². The predicted octanol–water partition coefficient (Wildman–Crippen LogP) is -0.780. The third-order valence-corrected chi connectivity index (χ3v) is 3.80. The monoisotopic (exact) mass is 355 g/mol. The molecular formula is C12H14N5O6P. The molecule has 1 saturated heterocycles. The minimum absolute atomic E-state index is 0.0629. The van der Waals surface area contributed by atoms with Crippen LogP contribution in [-0.2, 0) is 14.0 Å². The number of aromatic nitrogens is 4. The van der Waals surface area contributed by atoms with Crippen LogP contribution in [0.3, 0.4) is 0 Å². The van der Waals surface area contributed by atoms with Crippen LogP contribution in [-0.4, -0.2) is 53.1 Å². The molecule has 3 heterocycles. The summed E-state index contributed by atoms with van der Waals surface area (Å²) >= 11 is 0. The summed E-state index contributed by atoms with van der Waals surface area (Å²) in [5.74, 6) is 0.902. The quantitative estimate of drug-likeness (QED) is 0.304. The maximum absolute atomic E-state index is 10.3. The molecule has 1 aliphatic heterocycles. The van der Waals surface area contributed by atoms with Crippen LogP contribution in [0.5, 0.6) is 0 Å². The number of ether oxygens (including phenoxy) is 2. The number of nitrogens with two attached hydrogens (primary N) is 1. The second kappa shape index (κ2) is 6.54. The Kier molecular flexibility index (Phi) is 4.62. The van der Waals surface area contributed by atoms with Crippen molar-refractivity contribution in [1.82, 2.24) is 19.5 Å². The first-order valence-corrected chi connectivity index (χ1v) is 7.84. The largest absolute Gasteiger partial charge is 0.388 e. The molecule has 2 aromatic rings. The van der Waals surface area contributed by atoms with Gasteiger partial charge in [-0.1, -0.05) is 0 Å². The number of aliphatic hydroxyl groups excluding tert-OH is 1. The van der Waals surface area contributed by atoms with E-state index in [1.54, 1.807) is 0 Å². The second-order valence-corrected chi connectivity index (χ2v) is 5.67. The van der Waals surface area contributed by atoms with Gasteiger partial charge >= 0.3 is 8.60 Å². The Balaban J connectivity index is 1.84. The summed E-state index contributed by atoms with van der Waals surface area (Å²) in [5, 5.41) is 10.3. The van der Waals surface area contributed by atoms with Gasteiger partial charge in [0.2, 0.25) is 5.79 Å². The minimum atomic E-state index is -2.59. The van der Waals surface area contributed by atoms with Crippen molar-refractivity contribution >= 4 is 25.6 Å². The van der Waals surface area contributed by atoms with Crippen LogP contribution in [0.15, 0.2) is 12.7 Å². The van der Waals surface area contributed by atoms with Gasteiger partial charge in [-0.25, -0.2) is 15.0 Å². The predicted molar refractivity (Wildman–Crippen MR) is 80.4 cm³/mol. The molecule has 3 atom stereocenters. The molecule has 0 radical (unpaired) electrons. The molecule has 3 rings (SSSR count). The number of anilines is 1. The van der Waals surface area contributed by atoms with E-state index in [2.05, 4.69) is 25.4 Å². The van der Waals surface area contributed by atoms with Gasteiger partial charge < -0.3 is 30.1 Å². The van der Waals surface area contributed by atoms with Crippen LogP contribution in [0.1, 0.15) is 12.6 Å². The van der Waals surface area contributed by atoms with Crippen molar-refractivity contribution in [3.05, 3.63) is 12.7 Å². The van der Waals surface area contributed by atoms with Crippen LogP contribution in [0.2, 0.25) is 0 Å². The Labute approximate surface area is 137 Å². The molecule has 0 bridgehead atoms. The molecule has 0 unspecified atom stereocenters. The van der Waals surface area contributed by atoms with E-state index in [9.17, 15) is 5.11 Å². The molecule has 0 aromatic carbocycles. The molecule has 12 heteroatoms. The SMILES string of the molecule is C#C[C@@]1(OCOP(O)O)C[C@@H](O)[C@H](n2cnc3c(N)ncnc32)O1. The fourth-order valence-corrected chi connectivity index (χ4v) is 2.54. The molecule has 0 saturated carbocycles. The molecule has 1 fully saturated rings. The van der Waals surface area contributed by atoms with Crippen molar-refractivity contribution in [2.24, 2.45) is 0 Å². The fourth-order valence-electron chi connectivity index (χ4n) is 2.39. The minimum Gasteiger partial charge on any atom is -0.388 e. The van der Waals surface area contributed by atoms with Gasteiger partial charge in [-0.2, -0.15) is 0 Å². The van der Waals surface area contributed by atoms with Crippen LogP contribution in [0.4, 0.5) is 5.82 Å². The molecule has 128 valence electrons. The number of aliphatic hydroxyl groups is 1. The number of nitrogens with zero attached hydrogens (tertiary/aromatic N) is 4. The smallest absolute Gasteiger partial charge is 0.329 e. The molecule has 24 heavy (non-hydrogen) atoms. The number of rotatable bonds is 5. The van der Waals surface area contributed by atoms with Crippen molar-refractivity contribution in [1.29, 1.82) is 0 Å². The number of hydrogen-bond donors (Lipinski definition) is 4. The topological polar surface area (TPSA) is 158 Å². The first kappa shape index (κ1) is 16.9. The highest BCUT2D eigenvalue weighted by atomic mass is 31.2. The van der Waals surface area contributed by atoms with Gasteiger partial charge in [0.1, 0.15) is 17.9 Å². The Morgan fingerprint density at radius 3 is 3.00 bits per heavy atom. The third kappa shape index (κ3) is 3.04. The van der Waals surface area contributed by atoms with E-state index in [0.717, 1.165) is 0 Å².